The zero-order valence-electron chi connectivity index (χ0n) is 9.79. The van der Waals surface area contributed by atoms with Crippen LogP contribution in [0.15, 0.2) is 0 Å². The van der Waals surface area contributed by atoms with Crippen molar-refractivity contribution < 1.29 is 0 Å². The van der Waals surface area contributed by atoms with E-state index in [0.29, 0.717) is 5.08 Å². The molecule has 1 heterocycles. The van der Waals surface area contributed by atoms with E-state index in [-0.39, 0.29) is 9.84 Å². The van der Waals surface area contributed by atoms with E-state index in [2.05, 4.69) is 32.0 Å². The summed E-state index contributed by atoms with van der Waals surface area (Å²) in [4.78, 5) is 0. The highest BCUT2D eigenvalue weighted by Gasteiger charge is 2.38. The molecule has 1 atom stereocenters. The fraction of sp³-hybridized carbons (Fsp3) is 1.00. The normalized spacial score (nSPS) is 32.0. The number of rotatable bonds is 4. The first-order chi connectivity index (χ1) is 7.33. The molecule has 0 amide bonds. The third-order valence-electron chi connectivity index (χ3n) is 3.76. The molecule has 1 aliphatic heterocycles. The van der Waals surface area contributed by atoms with Crippen LogP contribution in [-0.4, -0.2) is 36.6 Å². The quantitative estimate of drug-likeness (QED) is 0.446. The SMILES string of the molecule is CCCCN1[SiH2]N(C2CCCCC2)C1Br. The molecular weight excluding hydrogens is 268 g/mol. The predicted molar refractivity (Wildman–Crippen MR) is 71.6 cm³/mol. The molecular formula is C11H23BrN2Si. The van der Waals surface area contributed by atoms with Crippen LogP contribution in [0, 0.1) is 0 Å². The molecule has 88 valence electrons. The monoisotopic (exact) mass is 290 g/mol. The molecule has 0 aromatic carbocycles. The standard InChI is InChI=1S/C11H23BrN2Si/c1-2-3-9-13-11(12)14(15-13)10-7-5-4-6-8-10/h10-11H,2-9,15H2,1H3. The fourth-order valence-corrected chi connectivity index (χ4v) is 5.80. The Morgan fingerprint density at radius 3 is 2.60 bits per heavy atom. The van der Waals surface area contributed by atoms with Crippen molar-refractivity contribution in [3.05, 3.63) is 0 Å². The zero-order valence-corrected chi connectivity index (χ0v) is 12.8. The van der Waals surface area contributed by atoms with Crippen molar-refractivity contribution in [2.75, 3.05) is 6.54 Å². The van der Waals surface area contributed by atoms with E-state index in [1.165, 1.54) is 51.5 Å². The van der Waals surface area contributed by atoms with Crippen LogP contribution in [0.2, 0.25) is 0 Å². The second-order valence-corrected chi connectivity index (χ2v) is 7.57. The van der Waals surface area contributed by atoms with Gasteiger partial charge < -0.3 is 0 Å². The van der Waals surface area contributed by atoms with E-state index in [4.69, 9.17) is 0 Å². The molecule has 15 heavy (non-hydrogen) atoms. The first-order valence-corrected chi connectivity index (χ1v) is 8.65. The number of hydrogen-bond acceptors (Lipinski definition) is 2. The summed E-state index contributed by atoms with van der Waals surface area (Å²) in [5.74, 6) is 0. The number of unbranched alkanes of at least 4 members (excludes halogenated alkanes) is 1. The molecule has 1 aliphatic carbocycles. The van der Waals surface area contributed by atoms with Crippen LogP contribution in [0.25, 0.3) is 0 Å². The van der Waals surface area contributed by atoms with Gasteiger partial charge in [0.05, 0.1) is 0 Å². The van der Waals surface area contributed by atoms with Gasteiger partial charge in [0.2, 0.25) is 0 Å². The van der Waals surface area contributed by atoms with Crippen LogP contribution in [0.3, 0.4) is 0 Å². The highest BCUT2D eigenvalue weighted by Crippen LogP contribution is 2.31. The lowest BCUT2D eigenvalue weighted by atomic mass is 9.96. The van der Waals surface area contributed by atoms with E-state index < -0.39 is 0 Å². The van der Waals surface area contributed by atoms with Gasteiger partial charge in [-0.3, -0.25) is 9.13 Å². The molecule has 2 nitrogen and oxygen atoms in total. The van der Waals surface area contributed by atoms with Crippen molar-refractivity contribution in [1.82, 2.24) is 9.13 Å². The molecule has 2 aliphatic rings. The Hall–Kier alpha value is 0.617. The average molecular weight is 291 g/mol. The van der Waals surface area contributed by atoms with Crippen molar-refractivity contribution in [3.63, 3.8) is 0 Å². The predicted octanol–water partition coefficient (Wildman–Crippen LogP) is 2.41. The van der Waals surface area contributed by atoms with Crippen LogP contribution in [0.1, 0.15) is 51.9 Å². The van der Waals surface area contributed by atoms with Crippen molar-refractivity contribution in [1.29, 1.82) is 0 Å². The molecule has 1 unspecified atom stereocenters. The third kappa shape index (κ3) is 2.84. The van der Waals surface area contributed by atoms with Crippen molar-refractivity contribution in [2.45, 2.75) is 63.0 Å². The fourth-order valence-electron chi connectivity index (χ4n) is 2.70. The molecule has 2 rings (SSSR count). The van der Waals surface area contributed by atoms with Gasteiger partial charge in [-0.2, -0.15) is 0 Å². The maximum absolute atomic E-state index is 3.85. The Labute approximate surface area is 104 Å². The smallest absolute Gasteiger partial charge is 0.177 e. The Kier molecular flexibility index (Phi) is 4.67. The number of halogens is 1. The van der Waals surface area contributed by atoms with Crippen LogP contribution in [0.5, 0.6) is 0 Å². The Bertz CT molecular complexity index is 197. The van der Waals surface area contributed by atoms with Gasteiger partial charge in [-0.05, 0) is 25.8 Å². The van der Waals surface area contributed by atoms with Crippen LogP contribution >= 0.6 is 15.9 Å². The summed E-state index contributed by atoms with van der Waals surface area (Å²) in [5, 5.41) is 0.596. The molecule has 1 saturated heterocycles. The summed E-state index contributed by atoms with van der Waals surface area (Å²) < 4.78 is 5.45. The molecule has 2 fully saturated rings. The van der Waals surface area contributed by atoms with Crippen LogP contribution in [-0.2, 0) is 0 Å². The van der Waals surface area contributed by atoms with Gasteiger partial charge in [-0.15, -0.1) is 0 Å². The average Bonchev–Trinajstić information content (AvgIpc) is 2.29. The molecule has 0 N–H and O–H groups in total. The Morgan fingerprint density at radius 1 is 1.27 bits per heavy atom. The topological polar surface area (TPSA) is 6.48 Å². The first kappa shape index (κ1) is 12.1. The maximum Gasteiger partial charge on any atom is 0.177 e. The van der Waals surface area contributed by atoms with Gasteiger partial charge in [0.1, 0.15) is 5.08 Å². The highest BCUT2D eigenvalue weighted by molar-refractivity contribution is 9.09. The summed E-state index contributed by atoms with van der Waals surface area (Å²) in [6.07, 6.45) is 10.0. The largest absolute Gasteiger partial charge is 0.293 e. The van der Waals surface area contributed by atoms with E-state index in [1.54, 1.807) is 0 Å². The molecule has 1 saturated carbocycles. The summed E-state index contributed by atoms with van der Waals surface area (Å²) >= 11 is 3.85. The van der Waals surface area contributed by atoms with Gasteiger partial charge in [-0.25, -0.2) is 0 Å². The molecule has 0 spiro atoms. The third-order valence-corrected chi connectivity index (χ3v) is 8.15. The number of nitrogens with zero attached hydrogens (tertiary/aromatic N) is 2. The minimum absolute atomic E-state index is 0.0599. The van der Waals surface area contributed by atoms with Crippen molar-refractivity contribution in [3.8, 4) is 0 Å². The van der Waals surface area contributed by atoms with Gasteiger partial charge in [0, 0.05) is 6.04 Å². The summed E-state index contributed by atoms with van der Waals surface area (Å²) in [7, 11) is -0.0599. The minimum Gasteiger partial charge on any atom is -0.293 e. The first-order valence-electron chi connectivity index (χ1n) is 6.47. The lowest BCUT2D eigenvalue weighted by Crippen LogP contribution is -2.67. The Balaban J connectivity index is 1.72. The molecule has 0 aromatic heterocycles. The molecule has 0 bridgehead atoms. The van der Waals surface area contributed by atoms with Crippen molar-refractivity contribution >= 4 is 25.8 Å². The van der Waals surface area contributed by atoms with Gasteiger partial charge in [0.15, 0.2) is 9.84 Å². The van der Waals surface area contributed by atoms with Crippen LogP contribution < -0.4 is 0 Å². The lowest BCUT2D eigenvalue weighted by molar-refractivity contribution is 0.108. The number of alkyl halides is 1. The highest BCUT2D eigenvalue weighted by atomic mass is 79.9. The lowest BCUT2D eigenvalue weighted by Gasteiger charge is -2.52. The summed E-state index contributed by atoms with van der Waals surface area (Å²) in [5.41, 5.74) is 0. The Morgan fingerprint density at radius 2 is 2.00 bits per heavy atom. The van der Waals surface area contributed by atoms with Gasteiger partial charge >= 0.3 is 0 Å². The summed E-state index contributed by atoms with van der Waals surface area (Å²) in [6, 6.07) is 0.924. The van der Waals surface area contributed by atoms with Gasteiger partial charge in [0.25, 0.3) is 0 Å². The van der Waals surface area contributed by atoms with Crippen LogP contribution in [0.4, 0.5) is 0 Å². The van der Waals surface area contributed by atoms with Gasteiger partial charge in [-0.1, -0.05) is 48.5 Å². The van der Waals surface area contributed by atoms with E-state index >= 15 is 0 Å². The minimum atomic E-state index is -0.0599. The molecule has 4 heteroatoms. The second-order valence-electron chi connectivity index (χ2n) is 4.92. The maximum atomic E-state index is 3.85. The summed E-state index contributed by atoms with van der Waals surface area (Å²) in [6.45, 7) is 3.60. The van der Waals surface area contributed by atoms with E-state index in [1.807, 2.05) is 0 Å². The van der Waals surface area contributed by atoms with E-state index in [0.717, 1.165) is 6.04 Å². The molecule has 0 radical (unpaired) electrons. The molecule has 0 aromatic rings. The zero-order chi connectivity index (χ0) is 10.7. The van der Waals surface area contributed by atoms with E-state index in [9.17, 15) is 0 Å². The van der Waals surface area contributed by atoms with Crippen molar-refractivity contribution in [2.24, 2.45) is 0 Å². The second kappa shape index (κ2) is 5.80. The number of hydrogen-bond donors (Lipinski definition) is 0.